The second-order valence-electron chi connectivity index (χ2n) is 6.93. The largest absolute Gasteiger partial charge is 0.497 e. The zero-order valence-corrected chi connectivity index (χ0v) is 18.6. The predicted octanol–water partition coefficient (Wildman–Crippen LogP) is 3.97. The van der Waals surface area contributed by atoms with Crippen molar-refractivity contribution in [2.45, 2.75) is 13.3 Å². The number of nitrogens with one attached hydrogen (secondary N) is 2. The highest BCUT2D eigenvalue weighted by molar-refractivity contribution is 7.90. The van der Waals surface area contributed by atoms with Gasteiger partial charge in [0.05, 0.1) is 18.6 Å². The average molecular weight is 456 g/mol. The molecule has 4 rings (SSSR count). The predicted molar refractivity (Wildman–Crippen MR) is 122 cm³/mol. The Hall–Kier alpha value is -3.17. The van der Waals surface area contributed by atoms with E-state index < -0.39 is 15.9 Å². The Labute approximate surface area is 184 Å². The first-order valence-corrected chi connectivity index (χ1v) is 12.2. The smallest absolute Gasteiger partial charge is 0.283 e. The van der Waals surface area contributed by atoms with Crippen molar-refractivity contribution >= 4 is 38.2 Å². The molecule has 7 nitrogen and oxygen atoms in total. The molecule has 4 aromatic rings. The highest BCUT2D eigenvalue weighted by Crippen LogP contribution is 2.34. The molecule has 0 fully saturated rings. The summed E-state index contributed by atoms with van der Waals surface area (Å²) in [4.78, 5) is 20.2. The summed E-state index contributed by atoms with van der Waals surface area (Å²) in [6.07, 6.45) is 0.471. The highest BCUT2D eigenvalue weighted by atomic mass is 32.2. The molecule has 1 aromatic carbocycles. The number of hydrogen-bond donors (Lipinski definition) is 2. The third-order valence-electron chi connectivity index (χ3n) is 4.95. The van der Waals surface area contributed by atoms with Crippen LogP contribution in [0.15, 0.2) is 53.2 Å². The van der Waals surface area contributed by atoms with Gasteiger partial charge in [-0.3, -0.25) is 4.79 Å². The van der Waals surface area contributed by atoms with E-state index in [9.17, 15) is 13.2 Å². The van der Waals surface area contributed by atoms with Gasteiger partial charge in [-0.25, -0.2) is 18.1 Å². The standard InChI is InChI=1S/C22H21N3O4S2/c1-3-31(27,28)25-22(26)19-6-4-5-15(23-19)11-18-17-8-7-16(29-2)12-20(17)24-21(18)14-9-10-30-13-14/h4-10,12-13,24H,3,11H2,1-2H3,(H,25,26). The van der Waals surface area contributed by atoms with Crippen LogP contribution in [0.1, 0.15) is 28.7 Å². The molecule has 1 amide bonds. The number of H-pyrrole nitrogens is 1. The van der Waals surface area contributed by atoms with Gasteiger partial charge in [-0.05, 0) is 48.2 Å². The minimum atomic E-state index is -3.66. The third kappa shape index (κ3) is 4.47. The molecule has 0 radical (unpaired) electrons. The Morgan fingerprint density at radius 1 is 1.23 bits per heavy atom. The normalized spacial score (nSPS) is 11.5. The van der Waals surface area contributed by atoms with Gasteiger partial charge in [0.15, 0.2) is 0 Å². The van der Waals surface area contributed by atoms with Crippen LogP contribution in [-0.2, 0) is 16.4 Å². The fraction of sp³-hybridized carbons (Fsp3) is 0.182. The van der Waals surface area contributed by atoms with Crippen molar-refractivity contribution in [2.75, 3.05) is 12.9 Å². The summed E-state index contributed by atoms with van der Waals surface area (Å²) in [6.45, 7) is 1.47. The Kier molecular flexibility index (Phi) is 5.79. The van der Waals surface area contributed by atoms with Crippen LogP contribution >= 0.6 is 11.3 Å². The Morgan fingerprint density at radius 2 is 2.06 bits per heavy atom. The van der Waals surface area contributed by atoms with E-state index in [4.69, 9.17) is 4.74 Å². The maximum absolute atomic E-state index is 12.3. The average Bonchev–Trinajstić information content (AvgIpc) is 3.41. The van der Waals surface area contributed by atoms with Crippen molar-refractivity contribution in [3.8, 4) is 17.0 Å². The van der Waals surface area contributed by atoms with E-state index in [1.807, 2.05) is 40.4 Å². The number of amides is 1. The number of thiophene rings is 1. The lowest BCUT2D eigenvalue weighted by atomic mass is 10.0. The highest BCUT2D eigenvalue weighted by Gasteiger charge is 2.18. The number of aromatic amines is 1. The van der Waals surface area contributed by atoms with Crippen molar-refractivity contribution in [3.05, 3.63) is 70.2 Å². The molecule has 3 aromatic heterocycles. The number of methoxy groups -OCH3 is 1. The molecule has 3 heterocycles. The van der Waals surface area contributed by atoms with Crippen molar-refractivity contribution in [3.63, 3.8) is 0 Å². The minimum Gasteiger partial charge on any atom is -0.497 e. The van der Waals surface area contributed by atoms with E-state index >= 15 is 0 Å². The van der Waals surface area contributed by atoms with Gasteiger partial charge in [0.1, 0.15) is 11.4 Å². The van der Waals surface area contributed by atoms with Gasteiger partial charge in [0.2, 0.25) is 10.0 Å². The van der Waals surface area contributed by atoms with E-state index in [2.05, 4.69) is 15.3 Å². The molecule has 0 atom stereocenters. The van der Waals surface area contributed by atoms with Gasteiger partial charge >= 0.3 is 0 Å². The molecule has 2 N–H and O–H groups in total. The maximum Gasteiger partial charge on any atom is 0.283 e. The van der Waals surface area contributed by atoms with E-state index in [1.54, 1.807) is 24.5 Å². The molecule has 31 heavy (non-hydrogen) atoms. The van der Waals surface area contributed by atoms with E-state index in [-0.39, 0.29) is 11.4 Å². The van der Waals surface area contributed by atoms with Crippen molar-refractivity contribution in [1.29, 1.82) is 0 Å². The lowest BCUT2D eigenvalue weighted by molar-refractivity contribution is 0.0976. The number of hydrogen-bond acceptors (Lipinski definition) is 6. The molecule has 0 bridgehead atoms. The molecule has 9 heteroatoms. The van der Waals surface area contributed by atoms with Crippen LogP contribution in [0.4, 0.5) is 0 Å². The third-order valence-corrected chi connectivity index (χ3v) is 6.89. The Morgan fingerprint density at radius 3 is 2.77 bits per heavy atom. The maximum atomic E-state index is 12.3. The van der Waals surface area contributed by atoms with E-state index in [0.29, 0.717) is 12.1 Å². The van der Waals surface area contributed by atoms with Gasteiger partial charge < -0.3 is 9.72 Å². The number of carbonyl (C=O) groups excluding carboxylic acids is 1. The topological polar surface area (TPSA) is 101 Å². The van der Waals surface area contributed by atoms with Crippen LogP contribution < -0.4 is 9.46 Å². The van der Waals surface area contributed by atoms with Crippen LogP contribution in [-0.4, -0.2) is 37.2 Å². The molecule has 160 valence electrons. The van der Waals surface area contributed by atoms with Crippen LogP contribution in [0.3, 0.4) is 0 Å². The number of pyridine rings is 1. The number of benzene rings is 1. The first kappa shape index (κ1) is 21.1. The molecule has 0 aliphatic rings. The molecule has 0 unspecified atom stereocenters. The summed E-state index contributed by atoms with van der Waals surface area (Å²) in [6, 6.07) is 12.9. The zero-order chi connectivity index (χ0) is 22.0. The first-order valence-electron chi connectivity index (χ1n) is 9.62. The zero-order valence-electron chi connectivity index (χ0n) is 17.0. The molecular weight excluding hydrogens is 434 g/mol. The van der Waals surface area contributed by atoms with E-state index in [0.717, 1.165) is 33.5 Å². The number of nitrogens with zero attached hydrogens (tertiary/aromatic N) is 1. The number of carbonyl (C=O) groups is 1. The Balaban J connectivity index is 1.73. The van der Waals surface area contributed by atoms with Gasteiger partial charge in [0.25, 0.3) is 5.91 Å². The number of rotatable bonds is 7. The lowest BCUT2D eigenvalue weighted by Gasteiger charge is -2.07. The van der Waals surface area contributed by atoms with Crippen LogP contribution in [0.25, 0.3) is 22.2 Å². The summed E-state index contributed by atoms with van der Waals surface area (Å²) in [5.41, 5.74) is 4.76. The van der Waals surface area contributed by atoms with Crippen LogP contribution in [0, 0.1) is 0 Å². The fourth-order valence-corrected chi connectivity index (χ4v) is 4.53. The first-order chi connectivity index (χ1) is 14.9. The van der Waals surface area contributed by atoms with Crippen molar-refractivity contribution in [2.24, 2.45) is 0 Å². The molecular formula is C22H21N3O4S2. The molecule has 0 aliphatic carbocycles. The monoisotopic (exact) mass is 455 g/mol. The lowest BCUT2D eigenvalue weighted by Crippen LogP contribution is -2.32. The van der Waals surface area contributed by atoms with Crippen LogP contribution in [0.2, 0.25) is 0 Å². The molecule has 0 aliphatic heterocycles. The fourth-order valence-electron chi connectivity index (χ4n) is 3.35. The van der Waals surface area contributed by atoms with Crippen molar-refractivity contribution < 1.29 is 17.9 Å². The van der Waals surface area contributed by atoms with Gasteiger partial charge in [-0.2, -0.15) is 11.3 Å². The number of fused-ring (bicyclic) bond motifs is 1. The van der Waals surface area contributed by atoms with E-state index in [1.165, 1.54) is 13.0 Å². The summed E-state index contributed by atoms with van der Waals surface area (Å²) < 4.78 is 30.8. The number of aromatic nitrogens is 2. The summed E-state index contributed by atoms with van der Waals surface area (Å²) in [7, 11) is -2.03. The van der Waals surface area contributed by atoms with Gasteiger partial charge in [-0.1, -0.05) is 6.07 Å². The molecule has 0 saturated heterocycles. The number of sulfonamides is 1. The van der Waals surface area contributed by atoms with Crippen molar-refractivity contribution in [1.82, 2.24) is 14.7 Å². The van der Waals surface area contributed by atoms with Crippen LogP contribution in [0.5, 0.6) is 5.75 Å². The summed E-state index contributed by atoms with van der Waals surface area (Å²) in [5.74, 6) is -0.155. The second-order valence-corrected chi connectivity index (χ2v) is 9.72. The minimum absolute atomic E-state index is 0.0631. The SMILES string of the molecule is CCS(=O)(=O)NC(=O)c1cccc(Cc2c(-c3ccsc3)[nH]c3cc(OC)ccc23)n1. The Bertz CT molecular complexity index is 1340. The molecule has 0 saturated carbocycles. The van der Waals surface area contributed by atoms with Gasteiger partial charge in [-0.15, -0.1) is 0 Å². The van der Waals surface area contributed by atoms with Gasteiger partial charge in [0, 0.05) is 40.0 Å². The summed E-state index contributed by atoms with van der Waals surface area (Å²) >= 11 is 1.61. The molecule has 0 spiro atoms. The summed E-state index contributed by atoms with van der Waals surface area (Å²) in [5, 5.41) is 5.12. The number of ether oxygens (including phenoxy) is 1. The quantitative estimate of drug-likeness (QED) is 0.439. The second kappa shape index (κ2) is 8.52.